The van der Waals surface area contributed by atoms with E-state index in [4.69, 9.17) is 9.26 Å². The molecule has 2 aromatic heterocycles. The molecule has 0 unspecified atom stereocenters. The van der Waals surface area contributed by atoms with Gasteiger partial charge in [0, 0.05) is 43.9 Å². The van der Waals surface area contributed by atoms with E-state index in [1.807, 2.05) is 48.5 Å². The number of hydrogen-bond acceptors (Lipinski definition) is 9. The summed E-state index contributed by atoms with van der Waals surface area (Å²) in [5.41, 5.74) is -0.179. The molecule has 3 rings (SSSR count). The normalized spacial score (nSPS) is 18.2. The monoisotopic (exact) mass is 558 g/mol. The number of amides is 3. The van der Waals surface area contributed by atoms with E-state index in [0.29, 0.717) is 18.1 Å². The van der Waals surface area contributed by atoms with Crippen LogP contribution < -0.4 is 10.1 Å². The maximum absolute atomic E-state index is 13.7. The number of likely N-dealkylation sites (tertiary alicyclic amines) is 1. The molecular formula is C28H42N6O6. The summed E-state index contributed by atoms with van der Waals surface area (Å²) < 4.78 is 11.1. The average molecular weight is 559 g/mol. The van der Waals surface area contributed by atoms with E-state index in [1.54, 1.807) is 18.0 Å². The number of nitrogens with zero attached hydrogens (tertiary/aromatic N) is 5. The molecule has 1 saturated heterocycles. The summed E-state index contributed by atoms with van der Waals surface area (Å²) in [6.45, 7) is 13.5. The van der Waals surface area contributed by atoms with Crippen LogP contribution in [0.3, 0.4) is 0 Å². The summed E-state index contributed by atoms with van der Waals surface area (Å²) >= 11 is 0. The van der Waals surface area contributed by atoms with Crippen molar-refractivity contribution in [2.45, 2.75) is 97.6 Å². The number of β-amino-alcohol motifs (C(OH)–C–C–N with tert-alkyl or cyclic N) is 1. The standard InChI is InChI=1S/C28H42N6O6/c1-16(2)11-20(25(37)34-14-18(35)12-21(34)26(38)33(8)17(3)4)30-24(36)19-13-29-10-9-22(19)39-15-23-31-27(40-32-23)28(5,6)7/h9-10,13,16-18,20-21,35H,11-12,14-15H2,1-8H3,(H,30,36)/t18-,20-,21+/m1/s1. The van der Waals surface area contributed by atoms with Crippen LogP contribution in [0.4, 0.5) is 0 Å². The molecule has 0 spiro atoms. The van der Waals surface area contributed by atoms with Crippen LogP contribution in [0.25, 0.3) is 0 Å². The lowest BCUT2D eigenvalue weighted by atomic mass is 9.97. The van der Waals surface area contributed by atoms with Gasteiger partial charge in [-0.2, -0.15) is 4.98 Å². The fourth-order valence-corrected chi connectivity index (χ4v) is 4.35. The van der Waals surface area contributed by atoms with Gasteiger partial charge in [-0.15, -0.1) is 0 Å². The molecule has 0 saturated carbocycles. The molecular weight excluding hydrogens is 516 g/mol. The Morgan fingerprint density at radius 1 is 1.25 bits per heavy atom. The first-order chi connectivity index (χ1) is 18.7. The van der Waals surface area contributed by atoms with Gasteiger partial charge in [0.15, 0.2) is 6.61 Å². The van der Waals surface area contributed by atoms with Crippen molar-refractivity contribution >= 4 is 17.7 Å². The molecule has 220 valence electrons. The average Bonchev–Trinajstić information content (AvgIpc) is 3.52. The van der Waals surface area contributed by atoms with Gasteiger partial charge in [0.2, 0.25) is 23.5 Å². The maximum Gasteiger partial charge on any atom is 0.257 e. The third-order valence-electron chi connectivity index (χ3n) is 6.77. The number of ether oxygens (including phenoxy) is 1. The number of hydrogen-bond donors (Lipinski definition) is 2. The van der Waals surface area contributed by atoms with Crippen LogP contribution in [0.5, 0.6) is 5.75 Å². The summed E-state index contributed by atoms with van der Waals surface area (Å²) in [5.74, 6) is -0.0985. The highest BCUT2D eigenvalue weighted by atomic mass is 16.5. The molecule has 2 aromatic rings. The van der Waals surface area contributed by atoms with Crippen molar-refractivity contribution in [1.82, 2.24) is 30.2 Å². The minimum absolute atomic E-state index is 0.0220. The summed E-state index contributed by atoms with van der Waals surface area (Å²) in [4.78, 5) is 51.6. The first-order valence-electron chi connectivity index (χ1n) is 13.6. The summed E-state index contributed by atoms with van der Waals surface area (Å²) in [5, 5.41) is 17.1. The summed E-state index contributed by atoms with van der Waals surface area (Å²) in [6, 6.07) is -0.236. The Kier molecular flexibility index (Phi) is 9.88. The van der Waals surface area contributed by atoms with Crippen LogP contribution >= 0.6 is 0 Å². The molecule has 0 aliphatic carbocycles. The van der Waals surface area contributed by atoms with Crippen LogP contribution in [0.15, 0.2) is 23.0 Å². The molecule has 12 nitrogen and oxygen atoms in total. The van der Waals surface area contributed by atoms with E-state index in [9.17, 15) is 19.5 Å². The van der Waals surface area contributed by atoms with E-state index in [0.717, 1.165) is 0 Å². The van der Waals surface area contributed by atoms with Crippen molar-refractivity contribution in [3.8, 4) is 5.75 Å². The smallest absolute Gasteiger partial charge is 0.257 e. The lowest BCUT2D eigenvalue weighted by Crippen LogP contribution is -2.54. The van der Waals surface area contributed by atoms with Gasteiger partial charge in [-0.3, -0.25) is 19.4 Å². The zero-order valence-electron chi connectivity index (χ0n) is 24.7. The molecule has 2 N–H and O–H groups in total. The molecule has 3 atom stereocenters. The van der Waals surface area contributed by atoms with Gasteiger partial charge >= 0.3 is 0 Å². The number of rotatable bonds is 10. The van der Waals surface area contributed by atoms with Crippen molar-refractivity contribution in [2.75, 3.05) is 13.6 Å². The van der Waals surface area contributed by atoms with E-state index >= 15 is 0 Å². The number of aliphatic hydroxyl groups excluding tert-OH is 1. The Hall–Kier alpha value is -3.54. The van der Waals surface area contributed by atoms with Gasteiger partial charge in [0.05, 0.1) is 11.7 Å². The zero-order valence-corrected chi connectivity index (χ0v) is 24.7. The summed E-state index contributed by atoms with van der Waals surface area (Å²) in [7, 11) is 1.68. The SMILES string of the molecule is CC(C)C[C@@H](NC(=O)c1cnccc1OCc1noc(C(C)(C)C)n1)C(=O)N1C[C@H](O)C[C@H]1C(=O)N(C)C(C)C. The maximum atomic E-state index is 13.7. The molecule has 3 heterocycles. The third-order valence-corrected chi connectivity index (χ3v) is 6.77. The quantitative estimate of drug-likeness (QED) is 0.448. The Morgan fingerprint density at radius 3 is 2.55 bits per heavy atom. The van der Waals surface area contributed by atoms with Crippen molar-refractivity contribution in [3.63, 3.8) is 0 Å². The topological polar surface area (TPSA) is 151 Å². The second-order valence-electron chi connectivity index (χ2n) is 12.0. The van der Waals surface area contributed by atoms with Gasteiger partial charge in [-0.1, -0.05) is 39.8 Å². The van der Waals surface area contributed by atoms with Gasteiger partial charge in [0.25, 0.3) is 5.91 Å². The minimum Gasteiger partial charge on any atom is -0.485 e. The highest BCUT2D eigenvalue weighted by molar-refractivity contribution is 6.00. The molecule has 3 amide bonds. The van der Waals surface area contributed by atoms with Crippen molar-refractivity contribution in [1.29, 1.82) is 0 Å². The van der Waals surface area contributed by atoms with Crippen LogP contribution in [0, 0.1) is 5.92 Å². The van der Waals surface area contributed by atoms with Crippen LogP contribution in [-0.2, 0) is 21.6 Å². The Bertz CT molecular complexity index is 1190. The molecule has 0 radical (unpaired) electrons. The number of nitrogens with one attached hydrogen (secondary N) is 1. The lowest BCUT2D eigenvalue weighted by Gasteiger charge is -2.32. The zero-order chi connectivity index (χ0) is 29.8. The number of carbonyl (C=O) groups is 3. The highest BCUT2D eigenvalue weighted by Crippen LogP contribution is 2.25. The van der Waals surface area contributed by atoms with Gasteiger partial charge in [-0.05, 0) is 32.3 Å². The molecule has 12 heteroatoms. The Labute approximate surface area is 235 Å². The molecule has 1 aliphatic rings. The fraction of sp³-hybridized carbons (Fsp3) is 0.643. The molecule has 0 aromatic carbocycles. The number of pyridine rings is 1. The lowest BCUT2D eigenvalue weighted by molar-refractivity contribution is -0.145. The van der Waals surface area contributed by atoms with Crippen LogP contribution in [0.2, 0.25) is 0 Å². The molecule has 1 aliphatic heterocycles. The molecule has 0 bridgehead atoms. The number of carbonyl (C=O) groups excluding carboxylic acids is 3. The van der Waals surface area contributed by atoms with E-state index in [-0.39, 0.29) is 54.2 Å². The number of likely N-dealkylation sites (N-methyl/N-ethyl adjacent to an activating group) is 1. The van der Waals surface area contributed by atoms with Crippen molar-refractivity contribution in [2.24, 2.45) is 5.92 Å². The van der Waals surface area contributed by atoms with Crippen molar-refractivity contribution < 1.29 is 28.8 Å². The second kappa shape index (κ2) is 12.8. The van der Waals surface area contributed by atoms with Gasteiger partial charge < -0.3 is 29.5 Å². The second-order valence-corrected chi connectivity index (χ2v) is 12.0. The largest absolute Gasteiger partial charge is 0.485 e. The van der Waals surface area contributed by atoms with E-state index in [1.165, 1.54) is 17.3 Å². The van der Waals surface area contributed by atoms with E-state index in [2.05, 4.69) is 20.4 Å². The van der Waals surface area contributed by atoms with Crippen molar-refractivity contribution in [3.05, 3.63) is 35.7 Å². The van der Waals surface area contributed by atoms with Gasteiger partial charge in [0.1, 0.15) is 17.8 Å². The minimum atomic E-state index is -0.919. The first kappa shape index (κ1) is 31.0. The predicted octanol–water partition coefficient (Wildman–Crippen LogP) is 2.31. The third kappa shape index (κ3) is 7.56. The molecule has 40 heavy (non-hydrogen) atoms. The highest BCUT2D eigenvalue weighted by Gasteiger charge is 2.43. The van der Waals surface area contributed by atoms with Gasteiger partial charge in [-0.25, -0.2) is 0 Å². The van der Waals surface area contributed by atoms with Crippen LogP contribution in [0.1, 0.15) is 83.4 Å². The van der Waals surface area contributed by atoms with Crippen LogP contribution in [-0.4, -0.2) is 85.6 Å². The number of aromatic nitrogens is 3. The molecule has 1 fully saturated rings. The fourth-order valence-electron chi connectivity index (χ4n) is 4.35. The Morgan fingerprint density at radius 2 is 1.95 bits per heavy atom. The number of aliphatic hydroxyl groups is 1. The van der Waals surface area contributed by atoms with E-state index < -0.39 is 30.0 Å². The first-order valence-corrected chi connectivity index (χ1v) is 13.6. The predicted molar refractivity (Wildman–Crippen MR) is 146 cm³/mol. The Balaban J connectivity index is 1.78. The summed E-state index contributed by atoms with van der Waals surface area (Å²) in [6.07, 6.45) is 2.52.